The average molecular weight is 342 g/mol. The van der Waals surface area contributed by atoms with Crippen LogP contribution in [0.1, 0.15) is 41.5 Å². The minimum Gasteiger partial charge on any atom is -0.403 e. The number of allylic oxidation sites excluding steroid dienone is 1. The topological polar surface area (TPSA) is 48.0 Å². The molecule has 0 aromatic rings. The van der Waals surface area contributed by atoms with E-state index in [4.69, 9.17) is 13.9 Å². The van der Waals surface area contributed by atoms with Crippen molar-refractivity contribution in [3.63, 3.8) is 0 Å². The molecule has 2 aliphatic rings. The van der Waals surface area contributed by atoms with Gasteiger partial charge in [0.1, 0.15) is 12.2 Å². The Kier molecular flexibility index (Phi) is 4.85. The Labute approximate surface area is 141 Å². The van der Waals surface area contributed by atoms with Crippen molar-refractivity contribution in [2.45, 2.75) is 83.7 Å². The molecule has 5 nitrogen and oxygen atoms in total. The van der Waals surface area contributed by atoms with Gasteiger partial charge in [0.25, 0.3) is 5.91 Å². The molecule has 0 bridgehead atoms. The minimum absolute atomic E-state index is 0.0197. The van der Waals surface area contributed by atoms with Crippen LogP contribution in [0.5, 0.6) is 0 Å². The van der Waals surface area contributed by atoms with Crippen LogP contribution in [0.4, 0.5) is 0 Å². The molecule has 132 valence electrons. The monoisotopic (exact) mass is 341 g/mol. The van der Waals surface area contributed by atoms with Crippen LogP contribution in [0.2, 0.25) is 18.1 Å². The van der Waals surface area contributed by atoms with Crippen molar-refractivity contribution in [3.8, 4) is 0 Å². The molecule has 0 saturated carbocycles. The van der Waals surface area contributed by atoms with Gasteiger partial charge < -0.3 is 18.8 Å². The molecule has 0 unspecified atom stereocenters. The molecule has 6 heteroatoms. The zero-order valence-corrected chi connectivity index (χ0v) is 16.7. The van der Waals surface area contributed by atoms with Crippen LogP contribution >= 0.6 is 0 Å². The van der Waals surface area contributed by atoms with Crippen molar-refractivity contribution < 1.29 is 18.7 Å². The standard InChI is InChI=1S/C17H31NO4Si/c1-9-10-18-13(12-11-20-17(5,6)21-12)14(15(18)19)22-23(7,8)16(2,3)4/h9-10,12-14H,11H2,1-8H3/b10-9+/t12-,13+,14-/m1/s1. The second-order valence-corrected chi connectivity index (χ2v) is 13.1. The molecule has 0 aromatic carbocycles. The number of nitrogens with zero attached hydrogens (tertiary/aromatic N) is 1. The van der Waals surface area contributed by atoms with E-state index < -0.39 is 20.2 Å². The number of likely N-dealkylation sites (tertiary alicyclic amines) is 1. The highest BCUT2D eigenvalue weighted by atomic mass is 28.4. The maximum atomic E-state index is 12.6. The molecule has 23 heavy (non-hydrogen) atoms. The molecule has 2 saturated heterocycles. The van der Waals surface area contributed by atoms with Gasteiger partial charge in [-0.25, -0.2) is 0 Å². The first-order chi connectivity index (χ1) is 10.4. The van der Waals surface area contributed by atoms with E-state index in [2.05, 4.69) is 33.9 Å². The molecular formula is C17H31NO4Si. The largest absolute Gasteiger partial charge is 0.403 e. The maximum Gasteiger partial charge on any atom is 0.257 e. The lowest BCUT2D eigenvalue weighted by molar-refractivity contribution is -0.181. The van der Waals surface area contributed by atoms with Crippen LogP contribution < -0.4 is 0 Å². The second kappa shape index (κ2) is 5.99. The van der Waals surface area contributed by atoms with Gasteiger partial charge in [-0.15, -0.1) is 0 Å². The van der Waals surface area contributed by atoms with Gasteiger partial charge in [0, 0.05) is 6.20 Å². The summed E-state index contributed by atoms with van der Waals surface area (Å²) in [5, 5.41) is 0.0607. The van der Waals surface area contributed by atoms with Gasteiger partial charge in [-0.05, 0) is 38.9 Å². The molecule has 0 radical (unpaired) electrons. The highest BCUT2D eigenvalue weighted by Gasteiger charge is 2.57. The number of hydrogen-bond acceptors (Lipinski definition) is 4. The minimum atomic E-state index is -2.03. The van der Waals surface area contributed by atoms with Crippen LogP contribution in [0.25, 0.3) is 0 Å². The van der Waals surface area contributed by atoms with Crippen molar-refractivity contribution >= 4 is 14.2 Å². The van der Waals surface area contributed by atoms with Crippen LogP contribution in [0, 0.1) is 0 Å². The van der Waals surface area contributed by atoms with E-state index in [-0.39, 0.29) is 23.1 Å². The Morgan fingerprint density at radius 2 is 1.96 bits per heavy atom. The summed E-state index contributed by atoms with van der Waals surface area (Å²) < 4.78 is 18.1. The molecule has 2 fully saturated rings. The van der Waals surface area contributed by atoms with Gasteiger partial charge in [0.15, 0.2) is 14.1 Å². The molecule has 1 amide bonds. The second-order valence-electron chi connectivity index (χ2n) is 8.38. The fourth-order valence-corrected chi connectivity index (χ4v) is 3.94. The van der Waals surface area contributed by atoms with E-state index in [1.54, 1.807) is 4.90 Å². The highest BCUT2D eigenvalue weighted by molar-refractivity contribution is 6.74. The van der Waals surface area contributed by atoms with Crippen LogP contribution in [0.15, 0.2) is 12.3 Å². The van der Waals surface area contributed by atoms with E-state index in [1.165, 1.54) is 0 Å². The van der Waals surface area contributed by atoms with Gasteiger partial charge in [-0.2, -0.15) is 0 Å². The third kappa shape index (κ3) is 3.55. The fourth-order valence-electron chi connectivity index (χ4n) is 2.71. The van der Waals surface area contributed by atoms with Crippen molar-refractivity contribution in [2.24, 2.45) is 0 Å². The first-order valence-corrected chi connectivity index (χ1v) is 11.2. The lowest BCUT2D eigenvalue weighted by Gasteiger charge is -2.51. The lowest BCUT2D eigenvalue weighted by Crippen LogP contribution is -2.70. The van der Waals surface area contributed by atoms with Crippen molar-refractivity contribution in [1.29, 1.82) is 0 Å². The quantitative estimate of drug-likeness (QED) is 0.582. The number of carbonyl (C=O) groups excluding carboxylic acids is 1. The third-order valence-electron chi connectivity index (χ3n) is 5.08. The van der Waals surface area contributed by atoms with E-state index >= 15 is 0 Å². The number of amides is 1. The smallest absolute Gasteiger partial charge is 0.257 e. The molecular weight excluding hydrogens is 310 g/mol. The molecule has 3 atom stereocenters. The Morgan fingerprint density at radius 3 is 2.39 bits per heavy atom. The van der Waals surface area contributed by atoms with Crippen LogP contribution in [0.3, 0.4) is 0 Å². The summed E-state index contributed by atoms with van der Waals surface area (Å²) >= 11 is 0. The molecule has 2 rings (SSSR count). The van der Waals surface area contributed by atoms with Crippen molar-refractivity contribution in [1.82, 2.24) is 4.90 Å². The highest BCUT2D eigenvalue weighted by Crippen LogP contribution is 2.41. The Morgan fingerprint density at radius 1 is 1.35 bits per heavy atom. The zero-order chi connectivity index (χ0) is 17.6. The normalized spacial score (nSPS) is 31.7. The summed E-state index contributed by atoms with van der Waals surface area (Å²) in [5.74, 6) is -0.585. The van der Waals surface area contributed by atoms with E-state index in [0.717, 1.165) is 0 Å². The zero-order valence-electron chi connectivity index (χ0n) is 15.7. The van der Waals surface area contributed by atoms with Crippen molar-refractivity contribution in [2.75, 3.05) is 6.61 Å². The number of β-lactam (4-membered cyclic amide) rings is 1. The van der Waals surface area contributed by atoms with E-state index in [9.17, 15) is 4.79 Å². The molecule has 0 N–H and O–H groups in total. The summed E-state index contributed by atoms with van der Waals surface area (Å²) in [6.45, 7) is 17.1. The van der Waals surface area contributed by atoms with Gasteiger partial charge in [-0.1, -0.05) is 26.8 Å². The third-order valence-corrected chi connectivity index (χ3v) is 9.53. The van der Waals surface area contributed by atoms with Crippen molar-refractivity contribution in [3.05, 3.63) is 12.3 Å². The number of rotatable bonds is 4. The maximum absolute atomic E-state index is 12.6. The number of hydrogen-bond donors (Lipinski definition) is 0. The van der Waals surface area contributed by atoms with Gasteiger partial charge in [-0.3, -0.25) is 4.79 Å². The molecule has 0 aliphatic carbocycles. The summed E-state index contributed by atoms with van der Waals surface area (Å²) in [4.78, 5) is 14.3. The predicted octanol–water partition coefficient (Wildman–Crippen LogP) is 3.27. The lowest BCUT2D eigenvalue weighted by atomic mass is 9.93. The fraction of sp³-hybridized carbons (Fsp3) is 0.824. The Balaban J connectivity index is 2.19. The molecule has 2 aliphatic heterocycles. The molecule has 0 aromatic heterocycles. The molecule has 0 spiro atoms. The Bertz CT molecular complexity index is 495. The van der Waals surface area contributed by atoms with Gasteiger partial charge >= 0.3 is 0 Å². The van der Waals surface area contributed by atoms with Crippen LogP contribution in [-0.2, 0) is 18.7 Å². The first kappa shape index (κ1) is 18.6. The SMILES string of the molecule is C/C=C/N1C(=O)[C@H](O[Si](C)(C)C(C)(C)C)[C@@H]1[C@H]1COC(C)(C)O1. The Hall–Kier alpha value is -0.693. The van der Waals surface area contributed by atoms with Crippen LogP contribution in [-0.4, -0.2) is 49.8 Å². The summed E-state index contributed by atoms with van der Waals surface area (Å²) in [6, 6.07) is -0.116. The predicted molar refractivity (Wildman–Crippen MR) is 92.4 cm³/mol. The van der Waals surface area contributed by atoms with E-state index in [0.29, 0.717) is 6.61 Å². The first-order valence-electron chi connectivity index (χ1n) is 8.34. The summed E-state index contributed by atoms with van der Waals surface area (Å²) in [6.07, 6.45) is 3.09. The number of carbonyl (C=O) groups is 1. The number of ether oxygens (including phenoxy) is 2. The summed E-state index contributed by atoms with van der Waals surface area (Å²) in [7, 11) is -2.03. The summed E-state index contributed by atoms with van der Waals surface area (Å²) in [5.41, 5.74) is 0. The van der Waals surface area contributed by atoms with Gasteiger partial charge in [0.05, 0.1) is 12.6 Å². The van der Waals surface area contributed by atoms with Gasteiger partial charge in [0.2, 0.25) is 0 Å². The average Bonchev–Trinajstić information content (AvgIpc) is 2.75. The molecule has 2 heterocycles. The van der Waals surface area contributed by atoms with E-state index in [1.807, 2.05) is 33.0 Å².